The van der Waals surface area contributed by atoms with Crippen molar-refractivity contribution in [3.8, 4) is 23.3 Å². The first-order valence-corrected chi connectivity index (χ1v) is 18.3. The number of nitrogens with two attached hydrogens (primary N) is 1. The Morgan fingerprint density at radius 1 is 1.10 bits per heavy atom. The summed E-state index contributed by atoms with van der Waals surface area (Å²) in [6, 6.07) is 2.89. The van der Waals surface area contributed by atoms with E-state index in [1.807, 2.05) is 19.9 Å². The van der Waals surface area contributed by atoms with E-state index < -0.39 is 23.4 Å². The van der Waals surface area contributed by atoms with Crippen LogP contribution in [0.1, 0.15) is 62.6 Å². The SMILES string of the molecule is COc1nc(N2C3CCC2CN(CC(C)(C)O)C3)c2c3c(c(-c4ncc(F)c5sc(N)c(C#N)c45)c(F)c2n1)COC3.FC1CC2CCCN2C1. The van der Waals surface area contributed by atoms with E-state index in [-0.39, 0.29) is 68.7 Å². The number of nitrogen functional groups attached to an aromatic ring is 1. The maximum Gasteiger partial charge on any atom is 0.318 e. The monoisotopic (exact) mass is 722 g/mol. The minimum atomic E-state index is -0.817. The zero-order chi connectivity index (χ0) is 35.8. The van der Waals surface area contributed by atoms with Gasteiger partial charge in [-0.1, -0.05) is 0 Å². The Kier molecular flexibility index (Phi) is 8.74. The number of benzene rings is 1. The van der Waals surface area contributed by atoms with Crippen molar-refractivity contribution in [1.82, 2.24) is 24.8 Å². The summed E-state index contributed by atoms with van der Waals surface area (Å²) in [4.78, 5) is 20.3. The molecule has 8 heterocycles. The molecule has 51 heavy (non-hydrogen) atoms. The first-order valence-electron chi connectivity index (χ1n) is 17.5. The lowest BCUT2D eigenvalue weighted by Gasteiger charge is -2.43. The zero-order valence-corrected chi connectivity index (χ0v) is 29.7. The second-order valence-corrected chi connectivity index (χ2v) is 16.0. The summed E-state index contributed by atoms with van der Waals surface area (Å²) in [5.41, 5.74) is 6.89. The number of hydrogen-bond acceptors (Lipinski definition) is 12. The standard InChI is InChI=1S/C29H29F2N7O3S.C7H12FN/c1-29(2,39)12-37-8-13-4-5-14(9-37)38(13)27-21-17-11-41-10-16(17)19(22(31)24(21)35-28(36-27)40-3)23-20-15(6-32)26(33)42-25(20)18(30)7-34-23;8-6-4-7-2-1-3-9(7)5-6/h7,13-14,39H,4-5,8-12,33H2,1-3H3;6-7H,1-5H2. The zero-order valence-electron chi connectivity index (χ0n) is 28.9. The average Bonchev–Trinajstić information content (AvgIpc) is 3.90. The number of halogens is 3. The summed E-state index contributed by atoms with van der Waals surface area (Å²) in [6.45, 7) is 7.82. The van der Waals surface area contributed by atoms with E-state index >= 15 is 4.39 Å². The van der Waals surface area contributed by atoms with E-state index in [0.717, 1.165) is 62.0 Å². The molecule has 2 bridgehead atoms. The lowest BCUT2D eigenvalue weighted by Crippen LogP contribution is -2.56. The Hall–Kier alpha value is -3.81. The Morgan fingerprint density at radius 3 is 2.53 bits per heavy atom. The highest BCUT2D eigenvalue weighted by Gasteiger charge is 2.44. The molecular weight excluding hydrogens is 682 g/mol. The summed E-state index contributed by atoms with van der Waals surface area (Å²) in [6.07, 6.45) is 5.72. The molecule has 4 fully saturated rings. The van der Waals surface area contributed by atoms with Crippen LogP contribution in [0.3, 0.4) is 0 Å². The number of piperazine rings is 1. The lowest BCUT2D eigenvalue weighted by atomic mass is 9.93. The number of likely N-dealkylation sites (tertiary alicyclic amines) is 1. The van der Waals surface area contributed by atoms with Gasteiger partial charge in [-0.05, 0) is 63.6 Å². The number of pyridine rings is 1. The molecule has 5 aliphatic rings. The van der Waals surface area contributed by atoms with E-state index in [1.54, 1.807) is 0 Å². The molecule has 4 saturated heterocycles. The maximum atomic E-state index is 16.9. The van der Waals surface area contributed by atoms with E-state index in [2.05, 4.69) is 24.7 Å². The Morgan fingerprint density at radius 2 is 1.84 bits per heavy atom. The normalized spacial score (nSPS) is 24.5. The van der Waals surface area contributed by atoms with Crippen LogP contribution < -0.4 is 15.4 Å². The largest absolute Gasteiger partial charge is 0.467 e. The number of ether oxygens (including phenoxy) is 2. The van der Waals surface area contributed by atoms with Crippen LogP contribution in [0, 0.1) is 23.0 Å². The summed E-state index contributed by atoms with van der Waals surface area (Å²) in [5.74, 6) is -0.709. The molecule has 9 rings (SSSR count). The minimum absolute atomic E-state index is 0.0224. The van der Waals surface area contributed by atoms with Crippen molar-refractivity contribution in [2.24, 2.45) is 0 Å². The summed E-state index contributed by atoms with van der Waals surface area (Å²) in [7, 11) is 1.44. The van der Waals surface area contributed by atoms with Crippen molar-refractivity contribution in [2.45, 2.75) is 89.1 Å². The smallest absolute Gasteiger partial charge is 0.318 e. The molecule has 270 valence electrons. The van der Waals surface area contributed by atoms with Crippen molar-refractivity contribution in [3.63, 3.8) is 0 Å². The van der Waals surface area contributed by atoms with Gasteiger partial charge in [0.15, 0.2) is 11.6 Å². The molecular formula is C36H41F3N8O3S. The Labute approximate surface area is 297 Å². The molecule has 5 aliphatic heterocycles. The summed E-state index contributed by atoms with van der Waals surface area (Å²) in [5, 5.41) is 21.1. The Balaban J connectivity index is 0.000000359. The van der Waals surface area contributed by atoms with Gasteiger partial charge in [0.25, 0.3) is 0 Å². The molecule has 15 heteroatoms. The third-order valence-electron chi connectivity index (χ3n) is 10.9. The van der Waals surface area contributed by atoms with Gasteiger partial charge >= 0.3 is 6.01 Å². The molecule has 3 aromatic heterocycles. The van der Waals surface area contributed by atoms with E-state index in [9.17, 15) is 19.1 Å². The number of β-amino-alcohol motifs (C(OH)–C–C–N with tert-alkyl or cyclic N) is 1. The number of thiophene rings is 1. The van der Waals surface area contributed by atoms with Crippen LogP contribution in [-0.2, 0) is 18.0 Å². The first-order chi connectivity index (χ1) is 24.5. The van der Waals surface area contributed by atoms with Crippen LogP contribution in [0.2, 0.25) is 0 Å². The molecule has 1 aromatic carbocycles. The third kappa shape index (κ3) is 5.94. The fraction of sp³-hybridized carbons (Fsp3) is 0.556. The van der Waals surface area contributed by atoms with Crippen LogP contribution in [0.4, 0.5) is 24.0 Å². The van der Waals surface area contributed by atoms with Crippen LogP contribution in [-0.4, -0.2) is 99.6 Å². The molecule has 0 saturated carbocycles. The van der Waals surface area contributed by atoms with Gasteiger partial charge in [0, 0.05) is 55.3 Å². The predicted molar refractivity (Wildman–Crippen MR) is 188 cm³/mol. The second-order valence-electron chi connectivity index (χ2n) is 14.9. The number of alkyl halides is 1. The van der Waals surface area contributed by atoms with Gasteiger partial charge in [0.1, 0.15) is 28.6 Å². The van der Waals surface area contributed by atoms with Gasteiger partial charge in [0.2, 0.25) is 0 Å². The van der Waals surface area contributed by atoms with Gasteiger partial charge in [0.05, 0.1) is 53.5 Å². The van der Waals surface area contributed by atoms with Gasteiger partial charge < -0.3 is 25.2 Å². The minimum Gasteiger partial charge on any atom is -0.467 e. The van der Waals surface area contributed by atoms with Crippen LogP contribution in [0.15, 0.2) is 6.20 Å². The fourth-order valence-electron chi connectivity index (χ4n) is 8.94. The van der Waals surface area contributed by atoms with Gasteiger partial charge in [-0.3, -0.25) is 14.8 Å². The molecule has 0 radical (unpaired) electrons. The van der Waals surface area contributed by atoms with E-state index in [1.165, 1.54) is 20.0 Å². The van der Waals surface area contributed by atoms with Gasteiger partial charge in [-0.25, -0.2) is 13.2 Å². The highest BCUT2D eigenvalue weighted by atomic mass is 32.1. The number of anilines is 2. The maximum absolute atomic E-state index is 16.9. The van der Waals surface area contributed by atoms with Crippen molar-refractivity contribution in [3.05, 3.63) is 34.5 Å². The lowest BCUT2D eigenvalue weighted by molar-refractivity contribution is 0.0292. The summed E-state index contributed by atoms with van der Waals surface area (Å²) >= 11 is 0.934. The second kappa shape index (κ2) is 13.0. The third-order valence-corrected chi connectivity index (χ3v) is 11.9. The van der Waals surface area contributed by atoms with Crippen molar-refractivity contribution in [2.75, 3.05) is 50.5 Å². The average molecular weight is 723 g/mol. The van der Waals surface area contributed by atoms with Crippen LogP contribution >= 0.6 is 11.3 Å². The molecule has 11 nitrogen and oxygen atoms in total. The molecule has 0 aliphatic carbocycles. The highest BCUT2D eigenvalue weighted by Crippen LogP contribution is 2.48. The predicted octanol–water partition coefficient (Wildman–Crippen LogP) is 5.29. The van der Waals surface area contributed by atoms with E-state index in [0.29, 0.717) is 35.9 Å². The van der Waals surface area contributed by atoms with Gasteiger partial charge in [-0.15, -0.1) is 11.3 Å². The van der Waals surface area contributed by atoms with Crippen LogP contribution in [0.25, 0.3) is 32.2 Å². The Bertz CT molecular complexity index is 2040. The van der Waals surface area contributed by atoms with E-state index in [4.69, 9.17) is 20.2 Å². The number of fused-ring (bicyclic) bond motifs is 7. The topological polar surface area (TPSA) is 137 Å². The number of nitriles is 1. The van der Waals surface area contributed by atoms with Crippen molar-refractivity contribution >= 4 is 43.1 Å². The number of methoxy groups -OCH3 is 1. The van der Waals surface area contributed by atoms with Crippen LogP contribution in [0.5, 0.6) is 6.01 Å². The number of nitrogens with zero attached hydrogens (tertiary/aromatic N) is 7. The number of aliphatic hydroxyl groups is 1. The number of rotatable bonds is 5. The quantitative estimate of drug-likeness (QED) is 0.278. The summed E-state index contributed by atoms with van der Waals surface area (Å²) < 4.78 is 55.8. The van der Waals surface area contributed by atoms with Gasteiger partial charge in [-0.2, -0.15) is 15.2 Å². The number of aromatic nitrogens is 3. The molecule has 0 spiro atoms. The molecule has 4 aromatic rings. The number of hydrogen-bond donors (Lipinski definition) is 2. The highest BCUT2D eigenvalue weighted by molar-refractivity contribution is 7.23. The first kappa shape index (κ1) is 34.3. The molecule has 3 N–H and O–H groups in total. The molecule has 0 amide bonds. The molecule has 4 atom stereocenters. The van der Waals surface area contributed by atoms with Crippen molar-refractivity contribution < 1.29 is 27.8 Å². The van der Waals surface area contributed by atoms with Crippen molar-refractivity contribution in [1.29, 1.82) is 5.26 Å². The molecule has 4 unspecified atom stereocenters. The fourth-order valence-corrected chi connectivity index (χ4v) is 9.86.